The zero-order valence-electron chi connectivity index (χ0n) is 12.5. The SMILES string of the molecule is CC(C)(C)N(C(=O)Nc1ccc(F)cc1)C(C)(C)C. The smallest absolute Gasteiger partial charge is 0.315 e. The topological polar surface area (TPSA) is 32.3 Å². The molecule has 106 valence electrons. The monoisotopic (exact) mass is 266 g/mol. The zero-order valence-corrected chi connectivity index (χ0v) is 12.5. The van der Waals surface area contributed by atoms with Gasteiger partial charge in [-0.05, 0) is 65.8 Å². The van der Waals surface area contributed by atoms with Gasteiger partial charge in [0.1, 0.15) is 5.82 Å². The molecule has 19 heavy (non-hydrogen) atoms. The predicted molar refractivity (Wildman–Crippen MR) is 76.8 cm³/mol. The minimum absolute atomic E-state index is 0.188. The standard InChI is InChI=1S/C15H23FN2O/c1-14(2,3)18(15(4,5)6)13(19)17-12-9-7-11(16)8-10-12/h7-10H,1-6H3,(H,17,19). The van der Waals surface area contributed by atoms with Crippen molar-refractivity contribution >= 4 is 11.7 Å². The van der Waals surface area contributed by atoms with Gasteiger partial charge in [0.25, 0.3) is 0 Å². The van der Waals surface area contributed by atoms with Gasteiger partial charge in [-0.15, -0.1) is 0 Å². The second kappa shape index (κ2) is 5.19. The molecule has 1 aromatic rings. The van der Waals surface area contributed by atoms with Crippen molar-refractivity contribution in [3.63, 3.8) is 0 Å². The van der Waals surface area contributed by atoms with Gasteiger partial charge in [-0.3, -0.25) is 0 Å². The van der Waals surface area contributed by atoms with Crippen molar-refractivity contribution in [2.24, 2.45) is 0 Å². The number of benzene rings is 1. The number of carbonyl (C=O) groups excluding carboxylic acids is 1. The first-order chi connectivity index (χ1) is 8.51. The van der Waals surface area contributed by atoms with Crippen LogP contribution >= 0.6 is 0 Å². The highest BCUT2D eigenvalue weighted by Crippen LogP contribution is 2.25. The number of nitrogens with zero attached hydrogens (tertiary/aromatic N) is 1. The van der Waals surface area contributed by atoms with E-state index >= 15 is 0 Å². The molecule has 0 heterocycles. The molecule has 0 aromatic heterocycles. The second-order valence-electron chi connectivity index (χ2n) is 6.61. The Morgan fingerprint density at radius 3 is 1.79 bits per heavy atom. The van der Waals surface area contributed by atoms with Crippen molar-refractivity contribution in [3.8, 4) is 0 Å². The van der Waals surface area contributed by atoms with Crippen LogP contribution in [0.1, 0.15) is 41.5 Å². The van der Waals surface area contributed by atoms with Gasteiger partial charge in [0, 0.05) is 16.8 Å². The quantitative estimate of drug-likeness (QED) is 0.809. The molecule has 0 saturated carbocycles. The highest BCUT2D eigenvalue weighted by atomic mass is 19.1. The molecule has 3 nitrogen and oxygen atoms in total. The van der Waals surface area contributed by atoms with E-state index in [-0.39, 0.29) is 22.9 Å². The maximum atomic E-state index is 12.8. The molecule has 0 aliphatic rings. The summed E-state index contributed by atoms with van der Waals surface area (Å²) >= 11 is 0. The molecule has 1 aromatic carbocycles. The van der Waals surface area contributed by atoms with Crippen molar-refractivity contribution in [1.29, 1.82) is 0 Å². The van der Waals surface area contributed by atoms with E-state index in [9.17, 15) is 9.18 Å². The molecule has 0 unspecified atom stereocenters. The van der Waals surface area contributed by atoms with E-state index in [0.29, 0.717) is 5.69 Å². The van der Waals surface area contributed by atoms with Gasteiger partial charge >= 0.3 is 6.03 Å². The van der Waals surface area contributed by atoms with E-state index in [1.165, 1.54) is 12.1 Å². The van der Waals surface area contributed by atoms with Gasteiger partial charge in [0.05, 0.1) is 0 Å². The van der Waals surface area contributed by atoms with E-state index in [1.807, 2.05) is 41.5 Å². The predicted octanol–water partition coefficient (Wildman–Crippen LogP) is 4.26. The normalized spacial score (nSPS) is 12.2. The molecule has 0 radical (unpaired) electrons. The fourth-order valence-corrected chi connectivity index (χ4v) is 2.33. The van der Waals surface area contributed by atoms with Crippen LogP contribution in [0.2, 0.25) is 0 Å². The highest BCUT2D eigenvalue weighted by Gasteiger charge is 2.35. The molecule has 4 heteroatoms. The summed E-state index contributed by atoms with van der Waals surface area (Å²) in [6, 6.07) is 5.57. The summed E-state index contributed by atoms with van der Waals surface area (Å²) in [6.07, 6.45) is 0. The van der Waals surface area contributed by atoms with E-state index in [2.05, 4.69) is 5.32 Å². The first-order valence-electron chi connectivity index (χ1n) is 6.39. The van der Waals surface area contributed by atoms with Gasteiger partial charge < -0.3 is 10.2 Å². The van der Waals surface area contributed by atoms with Crippen molar-refractivity contribution in [2.45, 2.75) is 52.6 Å². The molecule has 0 spiro atoms. The van der Waals surface area contributed by atoms with Crippen molar-refractivity contribution < 1.29 is 9.18 Å². The minimum Gasteiger partial charge on any atom is -0.315 e. The lowest BCUT2D eigenvalue weighted by molar-refractivity contribution is 0.0828. The summed E-state index contributed by atoms with van der Waals surface area (Å²) in [4.78, 5) is 14.2. The number of halogens is 1. The fraction of sp³-hybridized carbons (Fsp3) is 0.533. The van der Waals surface area contributed by atoms with Crippen molar-refractivity contribution in [2.75, 3.05) is 5.32 Å². The second-order valence-corrected chi connectivity index (χ2v) is 6.61. The third-order valence-corrected chi connectivity index (χ3v) is 2.64. The average molecular weight is 266 g/mol. The molecular weight excluding hydrogens is 243 g/mol. The van der Waals surface area contributed by atoms with E-state index in [4.69, 9.17) is 0 Å². The Kier molecular flexibility index (Phi) is 4.23. The zero-order chi connectivity index (χ0) is 14.8. The summed E-state index contributed by atoms with van der Waals surface area (Å²) in [7, 11) is 0. The van der Waals surface area contributed by atoms with Gasteiger partial charge in [-0.1, -0.05) is 0 Å². The van der Waals surface area contributed by atoms with Crippen LogP contribution < -0.4 is 5.32 Å². The molecule has 0 aliphatic heterocycles. The molecule has 0 fully saturated rings. The molecule has 0 saturated heterocycles. The Bertz CT molecular complexity index is 427. The van der Waals surface area contributed by atoms with Gasteiger partial charge in [0.2, 0.25) is 0 Å². The molecule has 0 atom stereocenters. The first kappa shape index (κ1) is 15.5. The average Bonchev–Trinajstić information content (AvgIpc) is 2.16. The Labute approximate surface area is 114 Å². The summed E-state index contributed by atoms with van der Waals surface area (Å²) in [6.45, 7) is 11.9. The summed E-state index contributed by atoms with van der Waals surface area (Å²) in [5, 5.41) is 2.80. The maximum Gasteiger partial charge on any atom is 0.322 e. The van der Waals surface area contributed by atoms with Crippen LogP contribution in [0, 0.1) is 5.82 Å². The minimum atomic E-state index is -0.318. The third kappa shape index (κ3) is 4.23. The Hall–Kier alpha value is -1.58. The number of anilines is 1. The fourth-order valence-electron chi connectivity index (χ4n) is 2.33. The van der Waals surface area contributed by atoms with Crippen LogP contribution in [-0.2, 0) is 0 Å². The van der Waals surface area contributed by atoms with Gasteiger partial charge in [-0.2, -0.15) is 0 Å². The van der Waals surface area contributed by atoms with Crippen LogP contribution in [0.4, 0.5) is 14.9 Å². The Balaban J connectivity index is 2.93. The summed E-state index contributed by atoms with van der Waals surface area (Å²) in [5.74, 6) is -0.318. The first-order valence-corrected chi connectivity index (χ1v) is 6.39. The number of nitrogens with one attached hydrogen (secondary N) is 1. The maximum absolute atomic E-state index is 12.8. The van der Waals surface area contributed by atoms with Gasteiger partial charge in [-0.25, -0.2) is 9.18 Å². The largest absolute Gasteiger partial charge is 0.322 e. The van der Waals surface area contributed by atoms with E-state index in [0.717, 1.165) is 0 Å². The van der Waals surface area contributed by atoms with Crippen LogP contribution in [0.5, 0.6) is 0 Å². The van der Waals surface area contributed by atoms with Crippen LogP contribution in [0.3, 0.4) is 0 Å². The van der Waals surface area contributed by atoms with Gasteiger partial charge in [0.15, 0.2) is 0 Å². The highest BCUT2D eigenvalue weighted by molar-refractivity contribution is 5.90. The molecule has 0 bridgehead atoms. The van der Waals surface area contributed by atoms with Crippen molar-refractivity contribution in [1.82, 2.24) is 4.90 Å². The van der Waals surface area contributed by atoms with Crippen LogP contribution in [0.15, 0.2) is 24.3 Å². The number of urea groups is 1. The Morgan fingerprint density at radius 2 is 1.42 bits per heavy atom. The number of amides is 2. The Morgan fingerprint density at radius 1 is 1.00 bits per heavy atom. The summed E-state index contributed by atoms with van der Waals surface area (Å²) in [5.41, 5.74) is -0.0186. The van der Waals surface area contributed by atoms with Crippen LogP contribution in [0.25, 0.3) is 0 Å². The van der Waals surface area contributed by atoms with Crippen molar-refractivity contribution in [3.05, 3.63) is 30.1 Å². The molecule has 1 rings (SSSR count). The molecule has 1 N–H and O–H groups in total. The number of hydrogen-bond acceptors (Lipinski definition) is 1. The molecular formula is C15H23FN2O. The van der Waals surface area contributed by atoms with E-state index < -0.39 is 0 Å². The molecule has 0 aliphatic carbocycles. The van der Waals surface area contributed by atoms with Crippen LogP contribution in [-0.4, -0.2) is 22.0 Å². The number of hydrogen-bond donors (Lipinski definition) is 1. The lowest BCUT2D eigenvalue weighted by Gasteiger charge is -2.45. The lowest BCUT2D eigenvalue weighted by Crippen LogP contribution is -2.57. The molecule has 2 amide bonds. The van der Waals surface area contributed by atoms with E-state index in [1.54, 1.807) is 17.0 Å². The summed E-state index contributed by atoms with van der Waals surface area (Å²) < 4.78 is 12.8. The number of rotatable bonds is 1. The number of carbonyl (C=O) groups is 1. The lowest BCUT2D eigenvalue weighted by atomic mass is 9.97. The third-order valence-electron chi connectivity index (χ3n) is 2.64.